The van der Waals surface area contributed by atoms with Crippen LogP contribution in [0.25, 0.3) is 0 Å². The first-order valence-electron chi connectivity index (χ1n) is 10.4. The summed E-state index contributed by atoms with van der Waals surface area (Å²) in [5.74, 6) is 0.960. The molecule has 1 aliphatic rings. The highest BCUT2D eigenvalue weighted by Gasteiger charge is 2.28. The topological polar surface area (TPSA) is 107 Å². The van der Waals surface area contributed by atoms with E-state index in [1.807, 2.05) is 51.1 Å². The molecule has 0 saturated heterocycles. The minimum absolute atomic E-state index is 0.128. The first-order chi connectivity index (χ1) is 15.4. The number of carbonyl (C=O) groups is 2. The molecule has 0 saturated carbocycles. The molecule has 0 aliphatic carbocycles. The third kappa shape index (κ3) is 4.56. The molecule has 1 aromatic heterocycles. The summed E-state index contributed by atoms with van der Waals surface area (Å²) in [6.45, 7) is 6.15. The Bertz CT molecular complexity index is 1160. The van der Waals surface area contributed by atoms with Crippen LogP contribution in [0.1, 0.15) is 36.1 Å². The van der Waals surface area contributed by atoms with Gasteiger partial charge in [0, 0.05) is 5.69 Å². The van der Waals surface area contributed by atoms with E-state index in [1.54, 1.807) is 10.7 Å². The van der Waals surface area contributed by atoms with Crippen LogP contribution in [0.3, 0.4) is 0 Å². The normalized spacial score (nSPS) is 15.0. The van der Waals surface area contributed by atoms with Crippen molar-refractivity contribution < 1.29 is 19.1 Å². The molecular weight excluding hydrogens is 410 g/mol. The Morgan fingerprint density at radius 3 is 2.78 bits per heavy atom. The van der Waals surface area contributed by atoms with Crippen molar-refractivity contribution in [3.63, 3.8) is 0 Å². The van der Waals surface area contributed by atoms with Crippen molar-refractivity contribution in [3.8, 4) is 11.5 Å². The Hall–Kier alpha value is -3.88. The molecule has 3 aromatic rings. The highest BCUT2D eigenvalue weighted by Crippen LogP contribution is 2.35. The molecule has 0 bridgehead atoms. The average molecular weight is 435 g/mol. The van der Waals surface area contributed by atoms with E-state index >= 15 is 0 Å². The number of hydrogen-bond acceptors (Lipinski definition) is 6. The first kappa shape index (κ1) is 21.4. The van der Waals surface area contributed by atoms with E-state index in [1.165, 1.54) is 6.33 Å². The van der Waals surface area contributed by atoms with Crippen LogP contribution in [0, 0.1) is 13.8 Å². The summed E-state index contributed by atoms with van der Waals surface area (Å²) in [6.07, 6.45) is 1.64. The maximum Gasteiger partial charge on any atom is 0.262 e. The van der Waals surface area contributed by atoms with E-state index in [0.29, 0.717) is 24.1 Å². The van der Waals surface area contributed by atoms with Gasteiger partial charge in [0.25, 0.3) is 5.91 Å². The lowest BCUT2D eigenvalue weighted by molar-refractivity contribution is -0.118. The predicted molar refractivity (Wildman–Crippen MR) is 119 cm³/mol. The standard InChI is InChI=1S/C23H25N5O4/c1-4-31-20-10-16(18-11-21(29)27-23-24-13-25-28(18)23)6-8-19(20)32-12-22(30)26-17-7-5-14(2)15(3)9-17/h5-10,13,18H,4,11-12H2,1-3H3,(H,26,30)(H,24,25,27,29)/t18-/m0/s1. The second-order valence-corrected chi connectivity index (χ2v) is 7.57. The monoisotopic (exact) mass is 435 g/mol. The number of benzene rings is 2. The Morgan fingerprint density at radius 2 is 2.00 bits per heavy atom. The van der Waals surface area contributed by atoms with Gasteiger partial charge in [-0.3, -0.25) is 14.9 Å². The predicted octanol–water partition coefficient (Wildman–Crippen LogP) is 3.24. The highest BCUT2D eigenvalue weighted by molar-refractivity contribution is 5.92. The minimum Gasteiger partial charge on any atom is -0.490 e. The van der Waals surface area contributed by atoms with Crippen molar-refractivity contribution in [3.05, 3.63) is 59.4 Å². The maximum atomic E-state index is 12.4. The van der Waals surface area contributed by atoms with Crippen LogP contribution >= 0.6 is 0 Å². The lowest BCUT2D eigenvalue weighted by atomic mass is 10.0. The fourth-order valence-corrected chi connectivity index (χ4v) is 3.54. The van der Waals surface area contributed by atoms with Gasteiger partial charge < -0.3 is 14.8 Å². The summed E-state index contributed by atoms with van der Waals surface area (Å²) in [6, 6.07) is 10.8. The van der Waals surface area contributed by atoms with Gasteiger partial charge in [-0.2, -0.15) is 10.1 Å². The number of carbonyl (C=O) groups excluding carboxylic acids is 2. The van der Waals surface area contributed by atoms with Gasteiger partial charge in [-0.15, -0.1) is 0 Å². The SMILES string of the molecule is CCOc1cc([C@@H]2CC(=O)Nc3ncnn32)ccc1OCC(=O)Nc1ccc(C)c(C)c1. The van der Waals surface area contributed by atoms with E-state index in [2.05, 4.69) is 20.7 Å². The molecule has 2 aromatic carbocycles. The van der Waals surface area contributed by atoms with Gasteiger partial charge in [0.2, 0.25) is 11.9 Å². The molecule has 2 N–H and O–H groups in total. The van der Waals surface area contributed by atoms with E-state index < -0.39 is 0 Å². The lowest BCUT2D eigenvalue weighted by Crippen LogP contribution is -2.29. The number of fused-ring (bicyclic) bond motifs is 1. The number of hydrogen-bond donors (Lipinski definition) is 2. The molecule has 9 nitrogen and oxygen atoms in total. The molecule has 0 unspecified atom stereocenters. The molecule has 32 heavy (non-hydrogen) atoms. The van der Waals surface area contributed by atoms with Crippen LogP contribution < -0.4 is 20.1 Å². The molecule has 0 spiro atoms. The highest BCUT2D eigenvalue weighted by atomic mass is 16.5. The number of nitrogens with zero attached hydrogens (tertiary/aromatic N) is 3. The van der Waals surface area contributed by atoms with E-state index in [0.717, 1.165) is 22.4 Å². The van der Waals surface area contributed by atoms with Crippen LogP contribution in [-0.2, 0) is 9.59 Å². The Morgan fingerprint density at radius 1 is 1.16 bits per heavy atom. The molecule has 2 heterocycles. The minimum atomic E-state index is -0.303. The van der Waals surface area contributed by atoms with Crippen molar-refractivity contribution in [2.24, 2.45) is 0 Å². The third-order valence-electron chi connectivity index (χ3n) is 5.30. The smallest absolute Gasteiger partial charge is 0.262 e. The summed E-state index contributed by atoms with van der Waals surface area (Å²) in [4.78, 5) is 28.5. The second-order valence-electron chi connectivity index (χ2n) is 7.57. The zero-order valence-electron chi connectivity index (χ0n) is 18.2. The van der Waals surface area contributed by atoms with Crippen LogP contribution in [0.15, 0.2) is 42.7 Å². The van der Waals surface area contributed by atoms with Crippen molar-refractivity contribution in [2.75, 3.05) is 23.8 Å². The van der Waals surface area contributed by atoms with Gasteiger partial charge in [-0.25, -0.2) is 4.68 Å². The number of rotatable bonds is 7. The molecule has 166 valence electrons. The molecule has 4 rings (SSSR count). The lowest BCUT2D eigenvalue weighted by Gasteiger charge is -2.24. The summed E-state index contributed by atoms with van der Waals surface area (Å²) in [7, 11) is 0. The van der Waals surface area contributed by atoms with Crippen LogP contribution in [0.2, 0.25) is 0 Å². The van der Waals surface area contributed by atoms with Gasteiger partial charge in [0.1, 0.15) is 6.33 Å². The van der Waals surface area contributed by atoms with Gasteiger partial charge in [-0.1, -0.05) is 12.1 Å². The number of anilines is 2. The Kier molecular flexibility index (Phi) is 6.07. The second kappa shape index (κ2) is 9.09. The van der Waals surface area contributed by atoms with Gasteiger partial charge >= 0.3 is 0 Å². The van der Waals surface area contributed by atoms with Crippen molar-refractivity contribution >= 4 is 23.5 Å². The molecule has 0 fully saturated rings. The molecule has 0 radical (unpaired) electrons. The number of aryl methyl sites for hydroxylation is 2. The van der Waals surface area contributed by atoms with Crippen LogP contribution in [-0.4, -0.2) is 39.8 Å². The molecule has 2 amide bonds. The molecule has 1 aliphatic heterocycles. The zero-order chi connectivity index (χ0) is 22.7. The maximum absolute atomic E-state index is 12.4. The molecule has 1 atom stereocenters. The van der Waals surface area contributed by atoms with Crippen molar-refractivity contribution in [2.45, 2.75) is 33.2 Å². The summed E-state index contributed by atoms with van der Waals surface area (Å²) in [5.41, 5.74) is 3.82. The van der Waals surface area contributed by atoms with E-state index in [4.69, 9.17) is 9.47 Å². The summed E-state index contributed by atoms with van der Waals surface area (Å²) >= 11 is 0. The van der Waals surface area contributed by atoms with Crippen molar-refractivity contribution in [1.82, 2.24) is 14.8 Å². The quantitative estimate of drug-likeness (QED) is 0.590. The van der Waals surface area contributed by atoms with Gasteiger partial charge in [-0.05, 0) is 61.7 Å². The number of amides is 2. The van der Waals surface area contributed by atoms with Gasteiger partial charge in [0.05, 0.1) is 19.1 Å². The number of nitrogens with one attached hydrogen (secondary N) is 2. The van der Waals surface area contributed by atoms with Crippen LogP contribution in [0.4, 0.5) is 11.6 Å². The zero-order valence-corrected chi connectivity index (χ0v) is 18.2. The van der Waals surface area contributed by atoms with Crippen LogP contribution in [0.5, 0.6) is 11.5 Å². The summed E-state index contributed by atoms with van der Waals surface area (Å²) in [5, 5.41) is 9.76. The van der Waals surface area contributed by atoms with Gasteiger partial charge in [0.15, 0.2) is 18.1 Å². The fraction of sp³-hybridized carbons (Fsp3) is 0.304. The molecular formula is C23H25N5O4. The van der Waals surface area contributed by atoms with Crippen molar-refractivity contribution in [1.29, 1.82) is 0 Å². The average Bonchev–Trinajstić information content (AvgIpc) is 3.23. The molecule has 9 heteroatoms. The summed E-state index contributed by atoms with van der Waals surface area (Å²) < 4.78 is 13.2. The Balaban J connectivity index is 1.48. The third-order valence-corrected chi connectivity index (χ3v) is 5.30. The Labute approximate surface area is 185 Å². The number of ether oxygens (including phenoxy) is 2. The van der Waals surface area contributed by atoms with E-state index in [-0.39, 0.29) is 30.9 Å². The number of aromatic nitrogens is 3. The fourth-order valence-electron chi connectivity index (χ4n) is 3.54. The first-order valence-corrected chi connectivity index (χ1v) is 10.4. The largest absolute Gasteiger partial charge is 0.490 e. The van der Waals surface area contributed by atoms with E-state index in [9.17, 15) is 9.59 Å².